The fourth-order valence-corrected chi connectivity index (χ4v) is 2.62. The molecule has 0 heterocycles. The number of hydrogen-bond acceptors (Lipinski definition) is 2. The highest BCUT2D eigenvalue weighted by atomic mass is 35.5. The molecule has 1 aliphatic carbocycles. The average molecular weight is 258 g/mol. The van der Waals surface area contributed by atoms with Gasteiger partial charge in [-0.3, -0.25) is 0 Å². The van der Waals surface area contributed by atoms with E-state index in [1.807, 2.05) is 0 Å². The standard InChI is InChI=1S/C13H17ClFNO/c1-17-13-5-3-2-4-12(13)16-11-7-9(14)6-10(15)8-11/h6-8,12-13,16H,2-5H2,1H3. The third kappa shape index (κ3) is 3.33. The van der Waals surface area contributed by atoms with Crippen molar-refractivity contribution in [2.45, 2.75) is 37.8 Å². The van der Waals surface area contributed by atoms with E-state index in [9.17, 15) is 4.39 Å². The van der Waals surface area contributed by atoms with Gasteiger partial charge in [0, 0.05) is 17.8 Å². The second-order valence-corrected chi connectivity index (χ2v) is 4.90. The molecule has 0 radical (unpaired) electrons. The van der Waals surface area contributed by atoms with Crippen LogP contribution in [0.4, 0.5) is 10.1 Å². The Kier molecular flexibility index (Phi) is 4.24. The van der Waals surface area contributed by atoms with Gasteiger partial charge in [0.05, 0.1) is 12.1 Å². The van der Waals surface area contributed by atoms with E-state index in [2.05, 4.69) is 5.32 Å². The summed E-state index contributed by atoms with van der Waals surface area (Å²) in [7, 11) is 1.73. The molecular formula is C13H17ClFNO. The highest BCUT2D eigenvalue weighted by molar-refractivity contribution is 6.30. The lowest BCUT2D eigenvalue weighted by atomic mass is 9.92. The van der Waals surface area contributed by atoms with Crippen molar-refractivity contribution in [1.29, 1.82) is 0 Å². The van der Waals surface area contributed by atoms with E-state index in [0.29, 0.717) is 5.02 Å². The fourth-order valence-electron chi connectivity index (χ4n) is 2.40. The average Bonchev–Trinajstić information content (AvgIpc) is 2.28. The number of anilines is 1. The van der Waals surface area contributed by atoms with Crippen molar-refractivity contribution in [3.8, 4) is 0 Å². The van der Waals surface area contributed by atoms with Crippen LogP contribution < -0.4 is 5.32 Å². The fraction of sp³-hybridized carbons (Fsp3) is 0.538. The van der Waals surface area contributed by atoms with E-state index in [1.54, 1.807) is 13.2 Å². The first-order valence-corrected chi connectivity index (χ1v) is 6.32. The monoisotopic (exact) mass is 257 g/mol. The zero-order valence-corrected chi connectivity index (χ0v) is 10.6. The number of nitrogens with one attached hydrogen (secondary N) is 1. The Hall–Kier alpha value is -0.800. The summed E-state index contributed by atoms with van der Waals surface area (Å²) in [6.07, 6.45) is 4.68. The maximum Gasteiger partial charge on any atom is 0.126 e. The smallest absolute Gasteiger partial charge is 0.126 e. The Morgan fingerprint density at radius 2 is 2.06 bits per heavy atom. The van der Waals surface area contributed by atoms with Gasteiger partial charge in [-0.15, -0.1) is 0 Å². The molecule has 1 saturated carbocycles. The zero-order valence-electron chi connectivity index (χ0n) is 9.88. The van der Waals surface area contributed by atoms with Crippen molar-refractivity contribution >= 4 is 17.3 Å². The number of benzene rings is 1. The molecule has 2 nitrogen and oxygen atoms in total. The predicted molar refractivity (Wildman–Crippen MR) is 68.1 cm³/mol. The van der Waals surface area contributed by atoms with Gasteiger partial charge in [-0.25, -0.2) is 4.39 Å². The predicted octanol–water partition coefficient (Wildman–Crippen LogP) is 3.85. The van der Waals surface area contributed by atoms with Crippen LogP contribution in [0.3, 0.4) is 0 Å². The molecule has 1 N–H and O–H groups in total. The maximum atomic E-state index is 13.2. The van der Waals surface area contributed by atoms with Crippen LogP contribution in [-0.2, 0) is 4.74 Å². The topological polar surface area (TPSA) is 21.3 Å². The minimum atomic E-state index is -0.315. The van der Waals surface area contributed by atoms with Gasteiger partial charge in [-0.1, -0.05) is 24.4 Å². The van der Waals surface area contributed by atoms with Crippen LogP contribution in [0.1, 0.15) is 25.7 Å². The Bertz CT molecular complexity index is 365. The molecule has 17 heavy (non-hydrogen) atoms. The largest absolute Gasteiger partial charge is 0.380 e. The van der Waals surface area contributed by atoms with E-state index >= 15 is 0 Å². The van der Waals surface area contributed by atoms with E-state index in [1.165, 1.54) is 25.0 Å². The Labute approximate surface area is 106 Å². The van der Waals surface area contributed by atoms with Crippen LogP contribution in [0, 0.1) is 5.82 Å². The number of halogens is 2. The van der Waals surface area contributed by atoms with Crippen molar-refractivity contribution in [2.75, 3.05) is 12.4 Å². The summed E-state index contributed by atoms with van der Waals surface area (Å²) in [6, 6.07) is 4.76. The molecule has 1 aromatic carbocycles. The molecule has 2 atom stereocenters. The minimum Gasteiger partial charge on any atom is -0.380 e. The first-order chi connectivity index (χ1) is 8.19. The van der Waals surface area contributed by atoms with Gasteiger partial charge in [0.2, 0.25) is 0 Å². The second-order valence-electron chi connectivity index (χ2n) is 4.47. The molecule has 94 valence electrons. The summed E-state index contributed by atoms with van der Waals surface area (Å²) in [4.78, 5) is 0. The minimum absolute atomic E-state index is 0.200. The third-order valence-corrected chi connectivity index (χ3v) is 3.44. The van der Waals surface area contributed by atoms with Crippen LogP contribution >= 0.6 is 11.6 Å². The molecule has 0 bridgehead atoms. The van der Waals surface area contributed by atoms with Crippen molar-refractivity contribution < 1.29 is 9.13 Å². The summed E-state index contributed by atoms with van der Waals surface area (Å²) >= 11 is 5.83. The van der Waals surface area contributed by atoms with Gasteiger partial charge in [0.25, 0.3) is 0 Å². The van der Waals surface area contributed by atoms with Gasteiger partial charge in [-0.05, 0) is 31.0 Å². The summed E-state index contributed by atoms with van der Waals surface area (Å²) in [5.74, 6) is -0.315. The van der Waals surface area contributed by atoms with Gasteiger partial charge in [-0.2, -0.15) is 0 Å². The van der Waals surface area contributed by atoms with Crippen LogP contribution in [0.5, 0.6) is 0 Å². The van der Waals surface area contributed by atoms with Crippen LogP contribution in [-0.4, -0.2) is 19.3 Å². The van der Waals surface area contributed by atoms with Gasteiger partial charge in [0.15, 0.2) is 0 Å². The first kappa shape index (κ1) is 12.7. The normalized spacial score (nSPS) is 24.6. The quantitative estimate of drug-likeness (QED) is 0.888. The van der Waals surface area contributed by atoms with Gasteiger partial charge in [0.1, 0.15) is 5.82 Å². The molecule has 0 spiro atoms. The van der Waals surface area contributed by atoms with Crippen molar-refractivity contribution in [2.24, 2.45) is 0 Å². The van der Waals surface area contributed by atoms with E-state index in [-0.39, 0.29) is 18.0 Å². The van der Waals surface area contributed by atoms with Crippen molar-refractivity contribution in [3.05, 3.63) is 29.0 Å². The van der Waals surface area contributed by atoms with Gasteiger partial charge < -0.3 is 10.1 Å². The zero-order chi connectivity index (χ0) is 12.3. The Morgan fingerprint density at radius 1 is 1.29 bits per heavy atom. The molecule has 2 rings (SSSR count). The first-order valence-electron chi connectivity index (χ1n) is 5.94. The molecule has 2 unspecified atom stereocenters. The number of methoxy groups -OCH3 is 1. The van der Waals surface area contributed by atoms with E-state index < -0.39 is 0 Å². The molecule has 1 aliphatic rings. The highest BCUT2D eigenvalue weighted by Crippen LogP contribution is 2.26. The van der Waals surface area contributed by atoms with E-state index in [0.717, 1.165) is 18.5 Å². The SMILES string of the molecule is COC1CCCCC1Nc1cc(F)cc(Cl)c1. The number of ether oxygens (including phenoxy) is 1. The molecule has 1 fully saturated rings. The molecule has 0 saturated heterocycles. The summed E-state index contributed by atoms with van der Waals surface area (Å²) < 4.78 is 18.7. The summed E-state index contributed by atoms with van der Waals surface area (Å²) in [6.45, 7) is 0. The molecule has 0 aromatic heterocycles. The molecule has 4 heteroatoms. The van der Waals surface area contributed by atoms with Gasteiger partial charge >= 0.3 is 0 Å². The Balaban J connectivity index is 2.08. The maximum absolute atomic E-state index is 13.2. The van der Waals surface area contributed by atoms with Crippen molar-refractivity contribution in [3.63, 3.8) is 0 Å². The molecule has 0 amide bonds. The van der Waals surface area contributed by atoms with E-state index in [4.69, 9.17) is 16.3 Å². The van der Waals surface area contributed by atoms with Crippen molar-refractivity contribution in [1.82, 2.24) is 0 Å². The lowest BCUT2D eigenvalue weighted by Gasteiger charge is -2.31. The summed E-state index contributed by atoms with van der Waals surface area (Å²) in [5, 5.41) is 3.73. The molecule has 0 aliphatic heterocycles. The lowest BCUT2D eigenvalue weighted by Crippen LogP contribution is -2.37. The highest BCUT2D eigenvalue weighted by Gasteiger charge is 2.24. The van der Waals surface area contributed by atoms with Crippen LogP contribution in [0.15, 0.2) is 18.2 Å². The Morgan fingerprint density at radius 3 is 2.76 bits per heavy atom. The lowest BCUT2D eigenvalue weighted by molar-refractivity contribution is 0.0606. The third-order valence-electron chi connectivity index (χ3n) is 3.22. The summed E-state index contributed by atoms with van der Waals surface area (Å²) in [5.41, 5.74) is 0.726. The van der Waals surface area contributed by atoms with Crippen LogP contribution in [0.25, 0.3) is 0 Å². The molecular weight excluding hydrogens is 241 g/mol. The molecule has 1 aromatic rings. The van der Waals surface area contributed by atoms with Crippen LogP contribution in [0.2, 0.25) is 5.02 Å². The number of rotatable bonds is 3. The second kappa shape index (κ2) is 5.69. The number of hydrogen-bond donors (Lipinski definition) is 1.